The molecule has 2 atom stereocenters. The van der Waals surface area contributed by atoms with Crippen molar-refractivity contribution in [2.24, 2.45) is 0 Å². The van der Waals surface area contributed by atoms with Gasteiger partial charge in [0.1, 0.15) is 0 Å². The summed E-state index contributed by atoms with van der Waals surface area (Å²) in [7, 11) is 0. The van der Waals surface area contributed by atoms with Crippen molar-refractivity contribution in [1.29, 1.82) is 0 Å². The molecule has 0 saturated carbocycles. The van der Waals surface area contributed by atoms with Gasteiger partial charge in [0.2, 0.25) is 0 Å². The van der Waals surface area contributed by atoms with E-state index in [9.17, 15) is 0 Å². The van der Waals surface area contributed by atoms with E-state index in [1.54, 1.807) is 0 Å². The van der Waals surface area contributed by atoms with Crippen molar-refractivity contribution >= 4 is 0 Å². The summed E-state index contributed by atoms with van der Waals surface area (Å²) in [4.78, 5) is 2.77. The van der Waals surface area contributed by atoms with E-state index in [4.69, 9.17) is 0 Å². The van der Waals surface area contributed by atoms with Crippen LogP contribution >= 0.6 is 0 Å². The Hall–Kier alpha value is -0.0800. The summed E-state index contributed by atoms with van der Waals surface area (Å²) in [6, 6.07) is 1.57. The van der Waals surface area contributed by atoms with E-state index >= 15 is 0 Å². The molecule has 2 unspecified atom stereocenters. The van der Waals surface area contributed by atoms with Crippen LogP contribution in [0.3, 0.4) is 0 Å². The maximum absolute atomic E-state index is 3.59. The molecule has 1 aliphatic rings. The Morgan fingerprint density at radius 2 is 2.00 bits per heavy atom. The Morgan fingerprint density at radius 1 is 1.16 bits per heavy atom. The van der Waals surface area contributed by atoms with E-state index in [-0.39, 0.29) is 0 Å². The molecule has 1 saturated heterocycles. The zero-order valence-corrected chi connectivity index (χ0v) is 13.6. The van der Waals surface area contributed by atoms with Gasteiger partial charge in [-0.3, -0.25) is 0 Å². The number of nitrogens with zero attached hydrogens (tertiary/aromatic N) is 1. The van der Waals surface area contributed by atoms with Crippen molar-refractivity contribution in [2.75, 3.05) is 19.6 Å². The van der Waals surface area contributed by atoms with Crippen LogP contribution < -0.4 is 5.32 Å². The second kappa shape index (κ2) is 10.7. The van der Waals surface area contributed by atoms with Gasteiger partial charge in [-0.2, -0.15) is 0 Å². The minimum Gasteiger partial charge on any atom is -0.314 e. The van der Waals surface area contributed by atoms with Gasteiger partial charge in [-0.25, -0.2) is 0 Å². The van der Waals surface area contributed by atoms with E-state index in [0.29, 0.717) is 6.04 Å². The van der Waals surface area contributed by atoms with E-state index < -0.39 is 0 Å². The lowest BCUT2D eigenvalue weighted by molar-refractivity contribution is 0.190. The number of nitrogens with one attached hydrogen (secondary N) is 1. The van der Waals surface area contributed by atoms with Gasteiger partial charge < -0.3 is 10.2 Å². The average molecular weight is 268 g/mol. The molecule has 19 heavy (non-hydrogen) atoms. The maximum Gasteiger partial charge on any atom is 0.00926 e. The first kappa shape index (κ1) is 17.0. The maximum atomic E-state index is 3.59. The molecule has 0 aromatic heterocycles. The monoisotopic (exact) mass is 268 g/mol. The van der Waals surface area contributed by atoms with Crippen molar-refractivity contribution < 1.29 is 0 Å². The van der Waals surface area contributed by atoms with Gasteiger partial charge in [-0.05, 0) is 65.1 Å². The van der Waals surface area contributed by atoms with Gasteiger partial charge in [-0.15, -0.1) is 0 Å². The van der Waals surface area contributed by atoms with Crippen molar-refractivity contribution in [2.45, 2.75) is 90.6 Å². The van der Waals surface area contributed by atoms with Crippen molar-refractivity contribution in [3.8, 4) is 0 Å². The van der Waals surface area contributed by atoms with Gasteiger partial charge in [0.25, 0.3) is 0 Å². The van der Waals surface area contributed by atoms with Gasteiger partial charge in [0.05, 0.1) is 0 Å². The molecule has 1 fully saturated rings. The SMILES string of the molecule is CCCNC(C)CCCCN1CCCCCC1CC. The molecular formula is C17H36N2. The molecule has 2 nitrogen and oxygen atoms in total. The highest BCUT2D eigenvalue weighted by Crippen LogP contribution is 2.19. The molecule has 2 heteroatoms. The molecule has 0 bridgehead atoms. The van der Waals surface area contributed by atoms with Gasteiger partial charge >= 0.3 is 0 Å². The highest BCUT2D eigenvalue weighted by atomic mass is 15.1. The Bertz CT molecular complexity index is 205. The first-order valence-corrected chi connectivity index (χ1v) is 8.75. The first-order chi connectivity index (χ1) is 9.27. The van der Waals surface area contributed by atoms with Crippen LogP contribution in [0.1, 0.15) is 78.6 Å². The lowest BCUT2D eigenvalue weighted by Gasteiger charge is -2.29. The standard InChI is InChI=1S/C17H36N2/c1-4-13-18-16(3)11-8-10-15-19-14-9-6-7-12-17(19)5-2/h16-18H,4-15H2,1-3H3. The van der Waals surface area contributed by atoms with Crippen LogP contribution in [0.2, 0.25) is 0 Å². The quantitative estimate of drug-likeness (QED) is 0.631. The highest BCUT2D eigenvalue weighted by Gasteiger charge is 2.18. The minimum absolute atomic E-state index is 0.700. The second-order valence-corrected chi connectivity index (χ2v) is 6.30. The Labute approximate surface area is 121 Å². The van der Waals surface area contributed by atoms with E-state index in [2.05, 4.69) is 31.0 Å². The lowest BCUT2D eigenvalue weighted by Crippen LogP contribution is -2.35. The topological polar surface area (TPSA) is 15.3 Å². The summed E-state index contributed by atoms with van der Waals surface area (Å²) in [5.74, 6) is 0. The number of rotatable bonds is 9. The second-order valence-electron chi connectivity index (χ2n) is 6.30. The summed E-state index contributed by atoms with van der Waals surface area (Å²) >= 11 is 0. The fourth-order valence-corrected chi connectivity index (χ4v) is 3.25. The molecule has 1 N–H and O–H groups in total. The molecule has 1 rings (SSSR count). The van der Waals surface area contributed by atoms with E-state index in [1.165, 1.54) is 77.4 Å². The van der Waals surface area contributed by atoms with Crippen LogP contribution in [0.5, 0.6) is 0 Å². The van der Waals surface area contributed by atoms with Crippen LogP contribution in [0.4, 0.5) is 0 Å². The summed E-state index contributed by atoms with van der Waals surface area (Å²) < 4.78 is 0. The van der Waals surface area contributed by atoms with Gasteiger partial charge in [0.15, 0.2) is 0 Å². The van der Waals surface area contributed by atoms with Gasteiger partial charge in [0, 0.05) is 12.1 Å². The average Bonchev–Trinajstić information content (AvgIpc) is 2.66. The third kappa shape index (κ3) is 7.31. The molecule has 0 radical (unpaired) electrons. The first-order valence-electron chi connectivity index (χ1n) is 8.75. The molecule has 0 spiro atoms. The highest BCUT2D eigenvalue weighted by molar-refractivity contribution is 4.74. The fourth-order valence-electron chi connectivity index (χ4n) is 3.25. The Balaban J connectivity index is 2.12. The Morgan fingerprint density at radius 3 is 2.74 bits per heavy atom. The van der Waals surface area contributed by atoms with Crippen LogP contribution in [0.15, 0.2) is 0 Å². The molecule has 114 valence electrons. The smallest absolute Gasteiger partial charge is 0.00926 e. The number of hydrogen-bond donors (Lipinski definition) is 1. The van der Waals surface area contributed by atoms with Crippen LogP contribution in [0, 0.1) is 0 Å². The number of likely N-dealkylation sites (tertiary alicyclic amines) is 1. The van der Waals surface area contributed by atoms with E-state index in [0.717, 1.165) is 6.04 Å². The zero-order chi connectivity index (χ0) is 13.9. The molecule has 0 aromatic carbocycles. The van der Waals surface area contributed by atoms with Crippen molar-refractivity contribution in [3.63, 3.8) is 0 Å². The fraction of sp³-hybridized carbons (Fsp3) is 1.00. The normalized spacial score (nSPS) is 23.2. The third-order valence-corrected chi connectivity index (χ3v) is 4.55. The summed E-state index contributed by atoms with van der Waals surface area (Å²) in [5, 5.41) is 3.59. The third-order valence-electron chi connectivity index (χ3n) is 4.55. The predicted molar refractivity (Wildman–Crippen MR) is 85.7 cm³/mol. The zero-order valence-electron chi connectivity index (χ0n) is 13.6. The summed E-state index contributed by atoms with van der Waals surface area (Å²) in [6.07, 6.45) is 12.4. The molecule has 0 amide bonds. The lowest BCUT2D eigenvalue weighted by atomic mass is 10.1. The Kier molecular flexibility index (Phi) is 9.54. The van der Waals surface area contributed by atoms with Gasteiger partial charge in [-0.1, -0.05) is 33.1 Å². The van der Waals surface area contributed by atoms with E-state index in [1.807, 2.05) is 0 Å². The van der Waals surface area contributed by atoms with Crippen LogP contribution in [0.25, 0.3) is 0 Å². The molecular weight excluding hydrogens is 232 g/mol. The van der Waals surface area contributed by atoms with Crippen molar-refractivity contribution in [3.05, 3.63) is 0 Å². The molecule has 0 aliphatic carbocycles. The summed E-state index contributed by atoms with van der Waals surface area (Å²) in [5.41, 5.74) is 0. The number of unbranched alkanes of at least 4 members (excludes halogenated alkanes) is 1. The molecule has 0 aromatic rings. The summed E-state index contributed by atoms with van der Waals surface area (Å²) in [6.45, 7) is 10.8. The molecule has 1 heterocycles. The minimum atomic E-state index is 0.700. The predicted octanol–water partition coefficient (Wildman–Crippen LogP) is 4.20. The number of hydrogen-bond acceptors (Lipinski definition) is 2. The van der Waals surface area contributed by atoms with Crippen molar-refractivity contribution in [1.82, 2.24) is 10.2 Å². The largest absolute Gasteiger partial charge is 0.314 e. The van der Waals surface area contributed by atoms with Crippen LogP contribution in [-0.4, -0.2) is 36.6 Å². The molecule has 1 aliphatic heterocycles. The van der Waals surface area contributed by atoms with Crippen LogP contribution in [-0.2, 0) is 0 Å².